The number of rotatable bonds is 3. The number of hydrogen-bond donors (Lipinski definition) is 0. The Morgan fingerprint density at radius 2 is 1.62 bits per heavy atom. The van der Waals surface area contributed by atoms with Gasteiger partial charge in [0, 0.05) is 31.7 Å². The number of hydrogen-bond acceptors (Lipinski definition) is 2. The molecule has 0 unspecified atom stereocenters. The zero-order chi connectivity index (χ0) is 11.4. The van der Waals surface area contributed by atoms with Gasteiger partial charge in [-0.25, -0.2) is 0 Å². The van der Waals surface area contributed by atoms with Crippen LogP contribution in [0.2, 0.25) is 0 Å². The van der Waals surface area contributed by atoms with E-state index >= 15 is 0 Å². The molecular weight excluding hydrogens is 196 g/mol. The summed E-state index contributed by atoms with van der Waals surface area (Å²) in [7, 11) is 2.09. The predicted molar refractivity (Wildman–Crippen MR) is 67.5 cm³/mol. The molecule has 0 saturated heterocycles. The van der Waals surface area contributed by atoms with E-state index in [0.717, 1.165) is 6.54 Å². The topological polar surface area (TPSA) is 16.1 Å². The second kappa shape index (κ2) is 4.79. The first-order valence-corrected chi connectivity index (χ1v) is 5.42. The van der Waals surface area contributed by atoms with Crippen LogP contribution in [0.1, 0.15) is 11.1 Å². The van der Waals surface area contributed by atoms with Crippen LogP contribution in [0.3, 0.4) is 0 Å². The van der Waals surface area contributed by atoms with Gasteiger partial charge in [0.05, 0.1) is 0 Å². The highest BCUT2D eigenvalue weighted by Gasteiger charge is 2.00. The molecular formula is C14H16N2. The van der Waals surface area contributed by atoms with E-state index in [4.69, 9.17) is 0 Å². The molecule has 2 heteroatoms. The smallest absolute Gasteiger partial charge is 0.0426 e. The van der Waals surface area contributed by atoms with E-state index in [2.05, 4.69) is 48.1 Å². The second-order valence-corrected chi connectivity index (χ2v) is 4.05. The van der Waals surface area contributed by atoms with Crippen LogP contribution in [-0.4, -0.2) is 12.0 Å². The number of aromatic nitrogens is 1. The molecule has 0 aliphatic carbocycles. The van der Waals surface area contributed by atoms with E-state index < -0.39 is 0 Å². The van der Waals surface area contributed by atoms with Crippen molar-refractivity contribution in [2.24, 2.45) is 0 Å². The Labute approximate surface area is 96.6 Å². The van der Waals surface area contributed by atoms with Crippen molar-refractivity contribution in [3.8, 4) is 0 Å². The van der Waals surface area contributed by atoms with Crippen LogP contribution < -0.4 is 4.90 Å². The molecule has 0 radical (unpaired) electrons. The lowest BCUT2D eigenvalue weighted by atomic mass is 10.1. The molecule has 0 amide bonds. The molecule has 1 aromatic carbocycles. The van der Waals surface area contributed by atoms with Gasteiger partial charge in [-0.2, -0.15) is 0 Å². The SMILES string of the molecule is Cc1ccc(CN(C)c2ccncc2)cc1. The highest BCUT2D eigenvalue weighted by molar-refractivity contribution is 5.44. The third-order valence-electron chi connectivity index (χ3n) is 2.64. The van der Waals surface area contributed by atoms with Gasteiger partial charge in [0.15, 0.2) is 0 Å². The molecule has 1 aromatic heterocycles. The highest BCUT2D eigenvalue weighted by atomic mass is 15.1. The normalized spacial score (nSPS) is 10.1. The van der Waals surface area contributed by atoms with Crippen molar-refractivity contribution >= 4 is 5.69 Å². The molecule has 0 fully saturated rings. The van der Waals surface area contributed by atoms with Crippen LogP contribution in [0.5, 0.6) is 0 Å². The number of benzene rings is 1. The maximum absolute atomic E-state index is 4.02. The summed E-state index contributed by atoms with van der Waals surface area (Å²) in [6, 6.07) is 12.7. The third kappa shape index (κ3) is 2.60. The average Bonchev–Trinajstić information content (AvgIpc) is 2.33. The Hall–Kier alpha value is -1.83. The first-order chi connectivity index (χ1) is 7.75. The fourth-order valence-electron chi connectivity index (χ4n) is 1.66. The van der Waals surface area contributed by atoms with E-state index in [-0.39, 0.29) is 0 Å². The van der Waals surface area contributed by atoms with Gasteiger partial charge >= 0.3 is 0 Å². The molecule has 2 nitrogen and oxygen atoms in total. The van der Waals surface area contributed by atoms with E-state index in [1.165, 1.54) is 16.8 Å². The standard InChI is InChI=1S/C14H16N2/c1-12-3-5-13(6-4-12)11-16(2)14-7-9-15-10-8-14/h3-10H,11H2,1-2H3. The molecule has 1 heterocycles. The Morgan fingerprint density at radius 3 is 2.25 bits per heavy atom. The Morgan fingerprint density at radius 1 is 1.00 bits per heavy atom. The van der Waals surface area contributed by atoms with Crippen molar-refractivity contribution in [2.45, 2.75) is 13.5 Å². The average molecular weight is 212 g/mol. The summed E-state index contributed by atoms with van der Waals surface area (Å²) in [5.74, 6) is 0. The lowest BCUT2D eigenvalue weighted by Crippen LogP contribution is -2.16. The lowest BCUT2D eigenvalue weighted by Gasteiger charge is -2.19. The van der Waals surface area contributed by atoms with Crippen molar-refractivity contribution in [1.82, 2.24) is 4.98 Å². The molecule has 2 rings (SSSR count). The molecule has 0 aliphatic heterocycles. The molecule has 2 aromatic rings. The van der Waals surface area contributed by atoms with Crippen molar-refractivity contribution in [3.63, 3.8) is 0 Å². The largest absolute Gasteiger partial charge is 0.370 e. The first kappa shape index (κ1) is 10.7. The molecule has 0 saturated carbocycles. The van der Waals surface area contributed by atoms with Crippen LogP contribution in [0, 0.1) is 6.92 Å². The number of anilines is 1. The predicted octanol–water partition coefficient (Wildman–Crippen LogP) is 3.03. The van der Waals surface area contributed by atoms with Crippen molar-refractivity contribution in [1.29, 1.82) is 0 Å². The molecule has 0 atom stereocenters. The highest BCUT2D eigenvalue weighted by Crippen LogP contribution is 2.14. The van der Waals surface area contributed by atoms with Gasteiger partial charge in [0.2, 0.25) is 0 Å². The fraction of sp³-hybridized carbons (Fsp3) is 0.214. The second-order valence-electron chi connectivity index (χ2n) is 4.05. The minimum Gasteiger partial charge on any atom is -0.370 e. The summed E-state index contributed by atoms with van der Waals surface area (Å²) in [5.41, 5.74) is 3.82. The Kier molecular flexibility index (Phi) is 3.20. The van der Waals surface area contributed by atoms with E-state index in [9.17, 15) is 0 Å². The van der Waals surface area contributed by atoms with Crippen LogP contribution in [0.4, 0.5) is 5.69 Å². The minimum absolute atomic E-state index is 0.921. The van der Waals surface area contributed by atoms with Gasteiger partial charge < -0.3 is 4.90 Å². The lowest BCUT2D eigenvalue weighted by molar-refractivity contribution is 0.920. The molecule has 0 aliphatic rings. The van der Waals surface area contributed by atoms with E-state index in [1.54, 1.807) is 0 Å². The van der Waals surface area contributed by atoms with Crippen LogP contribution >= 0.6 is 0 Å². The summed E-state index contributed by atoms with van der Waals surface area (Å²) in [6.07, 6.45) is 3.64. The van der Waals surface area contributed by atoms with Gasteiger partial charge in [-0.15, -0.1) is 0 Å². The third-order valence-corrected chi connectivity index (χ3v) is 2.64. The number of aryl methyl sites for hydroxylation is 1. The fourth-order valence-corrected chi connectivity index (χ4v) is 1.66. The molecule has 16 heavy (non-hydrogen) atoms. The monoisotopic (exact) mass is 212 g/mol. The van der Waals surface area contributed by atoms with E-state index in [0.29, 0.717) is 0 Å². The summed E-state index contributed by atoms with van der Waals surface area (Å²) >= 11 is 0. The number of pyridine rings is 1. The van der Waals surface area contributed by atoms with Crippen molar-refractivity contribution in [2.75, 3.05) is 11.9 Å². The zero-order valence-electron chi connectivity index (χ0n) is 9.72. The van der Waals surface area contributed by atoms with Gasteiger partial charge in [-0.1, -0.05) is 29.8 Å². The van der Waals surface area contributed by atoms with Crippen LogP contribution in [-0.2, 0) is 6.54 Å². The van der Waals surface area contributed by atoms with Crippen LogP contribution in [0.25, 0.3) is 0 Å². The first-order valence-electron chi connectivity index (χ1n) is 5.42. The molecule has 82 valence electrons. The van der Waals surface area contributed by atoms with Crippen molar-refractivity contribution in [3.05, 3.63) is 59.9 Å². The maximum atomic E-state index is 4.02. The Bertz CT molecular complexity index is 434. The van der Waals surface area contributed by atoms with Gasteiger partial charge in [0.25, 0.3) is 0 Å². The summed E-state index contributed by atoms with van der Waals surface area (Å²) in [4.78, 5) is 6.23. The van der Waals surface area contributed by atoms with Crippen molar-refractivity contribution < 1.29 is 0 Å². The Balaban J connectivity index is 2.08. The van der Waals surface area contributed by atoms with Gasteiger partial charge in [-0.3, -0.25) is 4.98 Å². The summed E-state index contributed by atoms with van der Waals surface area (Å²) in [6.45, 7) is 3.03. The van der Waals surface area contributed by atoms with Crippen LogP contribution in [0.15, 0.2) is 48.8 Å². The molecule has 0 spiro atoms. The molecule has 0 N–H and O–H groups in total. The van der Waals surface area contributed by atoms with Gasteiger partial charge in [0.1, 0.15) is 0 Å². The number of nitrogens with zero attached hydrogens (tertiary/aromatic N) is 2. The molecule has 0 bridgehead atoms. The maximum Gasteiger partial charge on any atom is 0.0426 e. The zero-order valence-corrected chi connectivity index (χ0v) is 9.72. The summed E-state index contributed by atoms with van der Waals surface area (Å²) < 4.78 is 0. The van der Waals surface area contributed by atoms with E-state index in [1.807, 2.05) is 24.5 Å². The minimum atomic E-state index is 0.921. The van der Waals surface area contributed by atoms with Gasteiger partial charge in [-0.05, 0) is 24.6 Å². The quantitative estimate of drug-likeness (QED) is 0.777. The summed E-state index contributed by atoms with van der Waals surface area (Å²) in [5, 5.41) is 0.